The number of imide groups is 1. The summed E-state index contributed by atoms with van der Waals surface area (Å²) in [5, 5.41) is 2.63. The first kappa shape index (κ1) is 23.3. The van der Waals surface area contributed by atoms with E-state index >= 15 is 0 Å². The third kappa shape index (κ3) is 5.46. The molecule has 1 aliphatic carbocycles. The zero-order valence-electron chi connectivity index (χ0n) is 18.3. The van der Waals surface area contributed by atoms with Crippen LogP contribution in [0.1, 0.15) is 33.1 Å². The Morgan fingerprint density at radius 1 is 1.00 bits per heavy atom. The maximum atomic E-state index is 12.4. The topological polar surface area (TPSA) is 111 Å². The molecule has 1 N–H and O–H groups in total. The highest BCUT2D eigenvalue weighted by molar-refractivity contribution is 6.05. The van der Waals surface area contributed by atoms with E-state index in [1.54, 1.807) is 18.2 Å². The van der Waals surface area contributed by atoms with E-state index in [0.29, 0.717) is 43.2 Å². The number of esters is 1. The van der Waals surface area contributed by atoms with Crippen molar-refractivity contribution in [2.45, 2.75) is 33.1 Å². The van der Waals surface area contributed by atoms with Gasteiger partial charge >= 0.3 is 5.97 Å². The number of benzene rings is 1. The molecule has 3 rings (SSSR count). The van der Waals surface area contributed by atoms with Crippen LogP contribution in [0.4, 0.5) is 5.69 Å². The zero-order valence-corrected chi connectivity index (χ0v) is 18.3. The van der Waals surface area contributed by atoms with Crippen LogP contribution in [-0.2, 0) is 23.9 Å². The van der Waals surface area contributed by atoms with Gasteiger partial charge in [-0.3, -0.25) is 24.1 Å². The van der Waals surface area contributed by atoms with Gasteiger partial charge in [0.15, 0.2) is 18.1 Å². The maximum absolute atomic E-state index is 12.4. The number of likely N-dealkylation sites (tertiary alicyclic amines) is 1. The number of hydrogen-bond acceptors (Lipinski definition) is 7. The van der Waals surface area contributed by atoms with E-state index in [0.717, 1.165) is 4.90 Å². The number of anilines is 1. The van der Waals surface area contributed by atoms with Gasteiger partial charge in [-0.25, -0.2) is 0 Å². The van der Waals surface area contributed by atoms with Gasteiger partial charge in [0.2, 0.25) is 11.8 Å². The van der Waals surface area contributed by atoms with Crippen LogP contribution in [0.25, 0.3) is 0 Å². The predicted octanol–water partition coefficient (Wildman–Crippen LogP) is 2.31. The van der Waals surface area contributed by atoms with Crippen molar-refractivity contribution in [2.24, 2.45) is 11.8 Å². The third-order valence-corrected chi connectivity index (χ3v) is 5.33. The van der Waals surface area contributed by atoms with Crippen LogP contribution >= 0.6 is 0 Å². The molecule has 1 aromatic rings. The SMILES string of the molecule is CCOc1ccc(NC(=O)COC(=O)CCN2C(=O)[C@@H]3CC=CC[C@H]3C2=O)cc1OCC. The van der Waals surface area contributed by atoms with Crippen molar-refractivity contribution in [3.63, 3.8) is 0 Å². The molecule has 9 nitrogen and oxygen atoms in total. The Hall–Kier alpha value is -3.36. The van der Waals surface area contributed by atoms with Gasteiger partial charge in [0.25, 0.3) is 5.91 Å². The van der Waals surface area contributed by atoms with Gasteiger partial charge in [0.05, 0.1) is 31.5 Å². The Labute approximate surface area is 186 Å². The molecule has 2 atom stereocenters. The Morgan fingerprint density at radius 3 is 2.25 bits per heavy atom. The van der Waals surface area contributed by atoms with Gasteiger partial charge in [-0.2, -0.15) is 0 Å². The Kier molecular flexibility index (Phi) is 7.86. The molecule has 172 valence electrons. The molecule has 2 aliphatic rings. The second-order valence-corrected chi connectivity index (χ2v) is 7.47. The Balaban J connectivity index is 1.45. The number of carbonyl (C=O) groups excluding carboxylic acids is 4. The van der Waals surface area contributed by atoms with E-state index in [9.17, 15) is 19.2 Å². The van der Waals surface area contributed by atoms with Gasteiger partial charge in [0.1, 0.15) is 0 Å². The van der Waals surface area contributed by atoms with Gasteiger partial charge < -0.3 is 19.5 Å². The third-order valence-electron chi connectivity index (χ3n) is 5.33. The van der Waals surface area contributed by atoms with Crippen molar-refractivity contribution in [3.8, 4) is 11.5 Å². The number of nitrogens with one attached hydrogen (secondary N) is 1. The summed E-state index contributed by atoms with van der Waals surface area (Å²) in [6, 6.07) is 4.98. The minimum atomic E-state index is -0.657. The van der Waals surface area contributed by atoms with E-state index < -0.39 is 18.5 Å². The molecule has 1 aliphatic heterocycles. The van der Waals surface area contributed by atoms with Crippen molar-refractivity contribution in [1.29, 1.82) is 0 Å². The summed E-state index contributed by atoms with van der Waals surface area (Å²) in [5.74, 6) is -1.24. The molecule has 0 bridgehead atoms. The highest BCUT2D eigenvalue weighted by atomic mass is 16.5. The molecule has 32 heavy (non-hydrogen) atoms. The number of allylic oxidation sites excluding steroid dienone is 2. The number of nitrogens with zero attached hydrogens (tertiary/aromatic N) is 1. The monoisotopic (exact) mass is 444 g/mol. The lowest BCUT2D eigenvalue weighted by atomic mass is 9.85. The molecule has 0 radical (unpaired) electrons. The van der Waals surface area contributed by atoms with Crippen LogP contribution < -0.4 is 14.8 Å². The zero-order chi connectivity index (χ0) is 23.1. The van der Waals surface area contributed by atoms with Crippen molar-refractivity contribution >= 4 is 29.4 Å². The summed E-state index contributed by atoms with van der Waals surface area (Å²) in [4.78, 5) is 50.1. The quantitative estimate of drug-likeness (QED) is 0.335. The van der Waals surface area contributed by atoms with Crippen molar-refractivity contribution in [2.75, 3.05) is 31.7 Å². The smallest absolute Gasteiger partial charge is 0.308 e. The molecule has 0 aromatic heterocycles. The molecule has 3 amide bonds. The van der Waals surface area contributed by atoms with Gasteiger partial charge in [-0.15, -0.1) is 0 Å². The summed E-state index contributed by atoms with van der Waals surface area (Å²) >= 11 is 0. The lowest BCUT2D eigenvalue weighted by Gasteiger charge is -2.14. The second-order valence-electron chi connectivity index (χ2n) is 7.47. The van der Waals surface area contributed by atoms with E-state index in [4.69, 9.17) is 14.2 Å². The lowest BCUT2D eigenvalue weighted by Crippen LogP contribution is -2.33. The molecular weight excluding hydrogens is 416 g/mol. The van der Waals surface area contributed by atoms with E-state index in [2.05, 4.69) is 5.32 Å². The average molecular weight is 444 g/mol. The number of fused-ring (bicyclic) bond motifs is 1. The molecule has 1 aromatic carbocycles. The summed E-state index contributed by atoms with van der Waals surface area (Å²) in [6.07, 6.45) is 4.75. The second kappa shape index (κ2) is 10.8. The highest BCUT2D eigenvalue weighted by Gasteiger charge is 2.46. The largest absolute Gasteiger partial charge is 0.490 e. The molecule has 0 unspecified atom stereocenters. The number of amides is 3. The fourth-order valence-corrected chi connectivity index (χ4v) is 3.84. The minimum absolute atomic E-state index is 0.0400. The number of hydrogen-bond donors (Lipinski definition) is 1. The molecular formula is C23H28N2O7. The van der Waals surface area contributed by atoms with Crippen molar-refractivity contribution < 1.29 is 33.4 Å². The number of carbonyl (C=O) groups is 4. The van der Waals surface area contributed by atoms with Crippen molar-refractivity contribution in [3.05, 3.63) is 30.4 Å². The number of rotatable bonds is 10. The first-order valence-corrected chi connectivity index (χ1v) is 10.8. The van der Waals surface area contributed by atoms with Crippen LogP contribution in [0.2, 0.25) is 0 Å². The van der Waals surface area contributed by atoms with Gasteiger partial charge in [-0.1, -0.05) is 12.2 Å². The standard InChI is InChI=1S/C23H28N2O7/c1-3-30-18-10-9-15(13-19(18)31-4-2)24-20(26)14-32-21(27)11-12-25-22(28)16-7-5-6-8-17(16)23(25)29/h5-6,9-10,13,16-17H,3-4,7-8,11-12,14H2,1-2H3,(H,24,26)/t16-,17-/m1/s1. The van der Waals surface area contributed by atoms with E-state index in [1.807, 2.05) is 26.0 Å². The van der Waals surface area contributed by atoms with Crippen LogP contribution in [0.15, 0.2) is 30.4 Å². The molecule has 0 saturated carbocycles. The Morgan fingerprint density at radius 2 is 1.62 bits per heavy atom. The molecule has 1 saturated heterocycles. The van der Waals surface area contributed by atoms with Crippen LogP contribution in [0.3, 0.4) is 0 Å². The van der Waals surface area contributed by atoms with E-state index in [-0.39, 0.29) is 36.6 Å². The minimum Gasteiger partial charge on any atom is -0.490 e. The fourth-order valence-electron chi connectivity index (χ4n) is 3.84. The summed E-state index contributed by atoms with van der Waals surface area (Å²) in [7, 11) is 0. The van der Waals surface area contributed by atoms with Crippen LogP contribution in [0.5, 0.6) is 11.5 Å². The van der Waals surface area contributed by atoms with Gasteiger partial charge in [-0.05, 0) is 38.8 Å². The van der Waals surface area contributed by atoms with Gasteiger partial charge in [0, 0.05) is 18.3 Å². The maximum Gasteiger partial charge on any atom is 0.308 e. The predicted molar refractivity (Wildman–Crippen MR) is 115 cm³/mol. The summed E-state index contributed by atoms with van der Waals surface area (Å²) < 4.78 is 16.0. The summed E-state index contributed by atoms with van der Waals surface area (Å²) in [5.41, 5.74) is 0.474. The first-order chi connectivity index (χ1) is 15.4. The normalized spacial score (nSPS) is 19.5. The van der Waals surface area contributed by atoms with Crippen LogP contribution in [-0.4, -0.2) is 55.0 Å². The number of ether oxygens (including phenoxy) is 3. The fraction of sp³-hybridized carbons (Fsp3) is 0.478. The molecule has 1 heterocycles. The molecule has 9 heteroatoms. The molecule has 1 fully saturated rings. The van der Waals surface area contributed by atoms with Crippen LogP contribution in [0, 0.1) is 11.8 Å². The summed E-state index contributed by atoms with van der Waals surface area (Å²) in [6.45, 7) is 4.10. The van der Waals surface area contributed by atoms with E-state index in [1.165, 1.54) is 0 Å². The highest BCUT2D eigenvalue weighted by Crippen LogP contribution is 2.35. The average Bonchev–Trinajstić information content (AvgIpc) is 3.03. The van der Waals surface area contributed by atoms with Crippen molar-refractivity contribution in [1.82, 2.24) is 4.90 Å². The lowest BCUT2D eigenvalue weighted by molar-refractivity contribution is -0.148. The molecule has 0 spiro atoms. The Bertz CT molecular complexity index is 886. The first-order valence-electron chi connectivity index (χ1n) is 10.8.